The summed E-state index contributed by atoms with van der Waals surface area (Å²) in [5.41, 5.74) is 1.76. The molecule has 2 aromatic carbocycles. The maximum Gasteiger partial charge on any atom is 0.321 e. The number of hydrogen-bond acceptors (Lipinski definition) is 4. The molecular formula is C20H24ClNO4S2. The lowest BCUT2D eigenvalue weighted by atomic mass is 10.1. The van der Waals surface area contributed by atoms with Crippen molar-refractivity contribution in [2.75, 3.05) is 11.5 Å². The topological polar surface area (TPSA) is 83.5 Å². The van der Waals surface area contributed by atoms with Gasteiger partial charge in [0, 0.05) is 5.02 Å². The molecule has 0 aliphatic heterocycles. The predicted molar refractivity (Wildman–Crippen MR) is 115 cm³/mol. The van der Waals surface area contributed by atoms with Crippen LogP contribution in [0.5, 0.6) is 0 Å². The first-order valence-corrected chi connectivity index (χ1v) is 12.0. The van der Waals surface area contributed by atoms with Gasteiger partial charge in [-0.1, -0.05) is 49.2 Å². The maximum atomic E-state index is 12.6. The zero-order valence-electron chi connectivity index (χ0n) is 15.6. The number of unbranched alkanes of at least 4 members (excludes halogenated alkanes) is 1. The summed E-state index contributed by atoms with van der Waals surface area (Å²) in [7, 11) is -3.92. The summed E-state index contributed by atoms with van der Waals surface area (Å²) in [5.74, 6) is 0.369. The summed E-state index contributed by atoms with van der Waals surface area (Å²) >= 11 is 7.52. The molecular weight excluding hydrogens is 418 g/mol. The number of carbonyl (C=O) groups is 1. The van der Waals surface area contributed by atoms with E-state index in [2.05, 4.69) is 11.6 Å². The molecule has 2 aromatic rings. The fourth-order valence-electron chi connectivity index (χ4n) is 2.51. The van der Waals surface area contributed by atoms with E-state index >= 15 is 0 Å². The third kappa shape index (κ3) is 6.81. The van der Waals surface area contributed by atoms with Crippen molar-refractivity contribution in [1.82, 2.24) is 4.72 Å². The van der Waals surface area contributed by atoms with Gasteiger partial charge in [-0.25, -0.2) is 8.42 Å². The molecule has 0 saturated carbocycles. The van der Waals surface area contributed by atoms with Crippen molar-refractivity contribution in [3.8, 4) is 11.1 Å². The van der Waals surface area contributed by atoms with Crippen LogP contribution in [-0.2, 0) is 14.8 Å². The van der Waals surface area contributed by atoms with Crippen LogP contribution in [0.3, 0.4) is 0 Å². The Morgan fingerprint density at radius 1 is 1.07 bits per heavy atom. The van der Waals surface area contributed by atoms with E-state index in [0.29, 0.717) is 10.8 Å². The Bertz CT molecular complexity index is 868. The number of halogens is 1. The van der Waals surface area contributed by atoms with Gasteiger partial charge in [-0.05, 0) is 59.7 Å². The number of carboxylic acid groups (broad SMARTS) is 1. The highest BCUT2D eigenvalue weighted by Crippen LogP contribution is 2.23. The van der Waals surface area contributed by atoms with Crippen molar-refractivity contribution in [3.63, 3.8) is 0 Å². The van der Waals surface area contributed by atoms with Crippen LogP contribution in [-0.4, -0.2) is 37.0 Å². The van der Waals surface area contributed by atoms with Gasteiger partial charge in [0.05, 0.1) is 4.90 Å². The molecule has 2 N–H and O–H groups in total. The first-order valence-electron chi connectivity index (χ1n) is 9.02. The largest absolute Gasteiger partial charge is 0.480 e. The zero-order chi connectivity index (χ0) is 20.6. The van der Waals surface area contributed by atoms with Crippen LogP contribution in [0.1, 0.15) is 26.2 Å². The molecule has 0 aromatic heterocycles. The highest BCUT2D eigenvalue weighted by atomic mass is 35.5. The molecule has 0 spiro atoms. The fourth-order valence-corrected chi connectivity index (χ4v) is 4.96. The van der Waals surface area contributed by atoms with E-state index in [0.717, 1.165) is 29.7 Å². The van der Waals surface area contributed by atoms with E-state index in [1.807, 2.05) is 12.1 Å². The van der Waals surface area contributed by atoms with Crippen LogP contribution >= 0.6 is 23.4 Å². The van der Waals surface area contributed by atoms with Crippen LogP contribution in [0.2, 0.25) is 5.02 Å². The first-order chi connectivity index (χ1) is 13.3. The van der Waals surface area contributed by atoms with Gasteiger partial charge < -0.3 is 5.11 Å². The number of carboxylic acids is 1. The van der Waals surface area contributed by atoms with Crippen LogP contribution in [0.4, 0.5) is 0 Å². The van der Waals surface area contributed by atoms with Crippen molar-refractivity contribution in [2.45, 2.75) is 37.1 Å². The van der Waals surface area contributed by atoms with Gasteiger partial charge in [-0.2, -0.15) is 16.5 Å². The summed E-state index contributed by atoms with van der Waals surface area (Å²) in [6.45, 7) is 2.09. The van der Waals surface area contributed by atoms with E-state index in [4.69, 9.17) is 11.6 Å². The number of thioether (sulfide) groups is 1. The Kier molecular flexibility index (Phi) is 8.82. The molecule has 0 amide bonds. The van der Waals surface area contributed by atoms with Crippen molar-refractivity contribution in [2.24, 2.45) is 0 Å². The number of hydrogen-bond donors (Lipinski definition) is 2. The molecule has 5 nitrogen and oxygen atoms in total. The average molecular weight is 442 g/mol. The number of aliphatic carboxylic acids is 1. The molecule has 152 valence electrons. The molecule has 0 aliphatic rings. The smallest absolute Gasteiger partial charge is 0.321 e. The molecule has 1 atom stereocenters. The molecule has 0 heterocycles. The summed E-state index contributed by atoms with van der Waals surface area (Å²) in [5, 5.41) is 9.98. The quantitative estimate of drug-likeness (QED) is 0.495. The predicted octanol–water partition coefficient (Wildman–Crippen LogP) is 4.66. The molecule has 2 rings (SSSR count). The van der Waals surface area contributed by atoms with Gasteiger partial charge in [0.1, 0.15) is 6.04 Å². The summed E-state index contributed by atoms with van der Waals surface area (Å²) in [6, 6.07) is 12.4. The highest BCUT2D eigenvalue weighted by molar-refractivity contribution is 7.99. The van der Waals surface area contributed by atoms with Gasteiger partial charge in [-0.3, -0.25) is 4.79 Å². The normalized spacial score (nSPS) is 12.6. The fraction of sp³-hybridized carbons (Fsp3) is 0.350. The van der Waals surface area contributed by atoms with Crippen LogP contribution in [0.15, 0.2) is 53.4 Å². The standard InChI is InChI=1S/C20H24ClNO4S2/c1-2-3-13-27-14-12-19(20(23)24)22-28(25,26)18-10-6-16(7-11-18)15-4-8-17(21)9-5-15/h4-11,19,22H,2-3,12-14H2,1H3,(H,23,24). The number of benzene rings is 2. The summed E-state index contributed by atoms with van der Waals surface area (Å²) in [6.07, 6.45) is 2.38. The molecule has 8 heteroatoms. The van der Waals surface area contributed by atoms with Crippen molar-refractivity contribution >= 4 is 39.4 Å². The molecule has 0 bridgehead atoms. The second-order valence-corrected chi connectivity index (χ2v) is 9.67. The first kappa shape index (κ1) is 22.7. The third-order valence-electron chi connectivity index (χ3n) is 4.13. The Morgan fingerprint density at radius 2 is 1.64 bits per heavy atom. The van der Waals surface area contributed by atoms with Crippen LogP contribution < -0.4 is 4.72 Å². The van der Waals surface area contributed by atoms with Crippen LogP contribution in [0, 0.1) is 0 Å². The van der Waals surface area contributed by atoms with Gasteiger partial charge in [0.2, 0.25) is 10.0 Å². The Hall–Kier alpha value is -1.54. The van der Waals surface area contributed by atoms with Crippen molar-refractivity contribution in [1.29, 1.82) is 0 Å². The zero-order valence-corrected chi connectivity index (χ0v) is 18.0. The van der Waals surface area contributed by atoms with E-state index in [1.165, 1.54) is 12.1 Å². The highest BCUT2D eigenvalue weighted by Gasteiger charge is 2.25. The van der Waals surface area contributed by atoms with E-state index < -0.39 is 22.0 Å². The SMILES string of the molecule is CCCCSCCC(NS(=O)(=O)c1ccc(-c2ccc(Cl)cc2)cc1)C(=O)O. The molecule has 0 radical (unpaired) electrons. The lowest BCUT2D eigenvalue weighted by molar-refractivity contribution is -0.139. The number of nitrogens with one attached hydrogen (secondary N) is 1. The van der Waals surface area contributed by atoms with Gasteiger partial charge >= 0.3 is 5.97 Å². The molecule has 0 fully saturated rings. The van der Waals surface area contributed by atoms with E-state index in [9.17, 15) is 18.3 Å². The Balaban J connectivity index is 2.05. The van der Waals surface area contributed by atoms with E-state index in [-0.39, 0.29) is 11.3 Å². The lowest BCUT2D eigenvalue weighted by Gasteiger charge is -2.15. The van der Waals surface area contributed by atoms with Gasteiger partial charge in [-0.15, -0.1) is 0 Å². The Morgan fingerprint density at radius 3 is 2.18 bits per heavy atom. The van der Waals surface area contributed by atoms with Gasteiger partial charge in [0.15, 0.2) is 0 Å². The number of sulfonamides is 1. The lowest BCUT2D eigenvalue weighted by Crippen LogP contribution is -2.41. The average Bonchev–Trinajstić information content (AvgIpc) is 2.67. The minimum absolute atomic E-state index is 0.0371. The summed E-state index contributed by atoms with van der Waals surface area (Å²) < 4.78 is 27.5. The third-order valence-corrected chi connectivity index (χ3v) is 6.97. The van der Waals surface area contributed by atoms with Gasteiger partial charge in [0.25, 0.3) is 0 Å². The minimum atomic E-state index is -3.92. The van der Waals surface area contributed by atoms with E-state index in [1.54, 1.807) is 36.0 Å². The minimum Gasteiger partial charge on any atom is -0.480 e. The molecule has 0 saturated heterocycles. The maximum absolute atomic E-state index is 12.6. The molecule has 28 heavy (non-hydrogen) atoms. The second-order valence-electron chi connectivity index (χ2n) is 6.30. The van der Waals surface area contributed by atoms with Crippen molar-refractivity contribution < 1.29 is 18.3 Å². The second kappa shape index (κ2) is 10.9. The summed E-state index contributed by atoms with van der Waals surface area (Å²) in [4.78, 5) is 11.5. The number of rotatable bonds is 11. The molecule has 1 unspecified atom stereocenters. The molecule has 0 aliphatic carbocycles. The monoisotopic (exact) mass is 441 g/mol. The Labute approximate surface area is 175 Å². The van der Waals surface area contributed by atoms with Crippen molar-refractivity contribution in [3.05, 3.63) is 53.6 Å². The van der Waals surface area contributed by atoms with Crippen LogP contribution in [0.25, 0.3) is 11.1 Å².